The molecule has 1 aliphatic rings. The summed E-state index contributed by atoms with van der Waals surface area (Å²) in [7, 11) is 1.51. The number of carbonyl (C=O) groups excluding carboxylic acids is 1. The molecule has 2 aromatic heterocycles. The number of para-hydroxylation sites is 1. The van der Waals surface area contributed by atoms with Crippen molar-refractivity contribution in [2.45, 2.75) is 36.8 Å². The third-order valence-corrected chi connectivity index (χ3v) is 5.88. The molecule has 1 fully saturated rings. The van der Waals surface area contributed by atoms with E-state index in [-0.39, 0.29) is 29.0 Å². The van der Waals surface area contributed by atoms with E-state index in [1.807, 2.05) is 6.07 Å². The van der Waals surface area contributed by atoms with Crippen molar-refractivity contribution in [2.24, 2.45) is 5.92 Å². The van der Waals surface area contributed by atoms with E-state index in [9.17, 15) is 14.7 Å². The molecule has 0 bridgehead atoms. The summed E-state index contributed by atoms with van der Waals surface area (Å²) in [6, 6.07) is 6.78. The summed E-state index contributed by atoms with van der Waals surface area (Å²) in [6.45, 7) is 4.19. The number of hydrogen-bond acceptors (Lipinski definition) is 9. The zero-order chi connectivity index (χ0) is 24.2. The molecule has 0 radical (unpaired) electrons. The van der Waals surface area contributed by atoms with Gasteiger partial charge >= 0.3 is 5.97 Å². The first-order valence-corrected chi connectivity index (χ1v) is 11.6. The first-order chi connectivity index (χ1) is 16.4. The topological polar surface area (TPSA) is 139 Å². The normalized spacial score (nSPS) is 12.9. The average Bonchev–Trinajstić information content (AvgIpc) is 3.65. The Bertz CT molecular complexity index is 1210. The third-order valence-electron chi connectivity index (χ3n) is 4.93. The zero-order valence-electron chi connectivity index (χ0n) is 18.9. The molecule has 0 aliphatic heterocycles. The number of methoxy groups -OCH3 is 1. The first-order valence-electron chi connectivity index (χ1n) is 10.7. The Morgan fingerprint density at radius 3 is 2.50 bits per heavy atom. The average molecular weight is 481 g/mol. The molecule has 0 spiro atoms. The molecule has 34 heavy (non-hydrogen) atoms. The van der Waals surface area contributed by atoms with E-state index in [2.05, 4.69) is 44.6 Å². The molecule has 11 heteroatoms. The van der Waals surface area contributed by atoms with Gasteiger partial charge in [-0.1, -0.05) is 19.9 Å². The number of aromatic carboxylic acids is 1. The van der Waals surface area contributed by atoms with Gasteiger partial charge in [-0.25, -0.2) is 14.8 Å². The predicted octanol–water partition coefficient (Wildman–Crippen LogP) is 4.23. The van der Waals surface area contributed by atoms with Gasteiger partial charge in [-0.15, -0.1) is 22.0 Å². The number of carboxylic acid groups (broad SMARTS) is 1. The first kappa shape index (κ1) is 23.4. The minimum absolute atomic E-state index is 0.0283. The van der Waals surface area contributed by atoms with E-state index in [4.69, 9.17) is 4.74 Å². The van der Waals surface area contributed by atoms with Gasteiger partial charge in [0.2, 0.25) is 5.91 Å². The predicted molar refractivity (Wildman–Crippen MR) is 129 cm³/mol. The number of anilines is 3. The summed E-state index contributed by atoms with van der Waals surface area (Å²) in [5.41, 5.74) is 0.991. The van der Waals surface area contributed by atoms with Crippen molar-refractivity contribution in [1.29, 1.82) is 0 Å². The fourth-order valence-electron chi connectivity index (χ4n) is 3.24. The lowest BCUT2D eigenvalue weighted by molar-refractivity contribution is -0.117. The number of ether oxygens (including phenoxy) is 1. The number of thioether (sulfide) groups is 1. The molecule has 3 N–H and O–H groups in total. The third kappa shape index (κ3) is 5.42. The largest absolute Gasteiger partial charge is 0.494 e. The minimum Gasteiger partial charge on any atom is -0.494 e. The van der Waals surface area contributed by atoms with Crippen LogP contribution in [-0.4, -0.2) is 49.5 Å². The molecule has 0 atom stereocenters. The monoisotopic (exact) mass is 480 g/mol. The van der Waals surface area contributed by atoms with Gasteiger partial charge in [-0.3, -0.25) is 4.79 Å². The quantitative estimate of drug-likeness (QED) is 0.381. The number of carbonyl (C=O) groups is 2. The molecule has 4 rings (SSSR count). The smallest absolute Gasteiger partial charge is 0.358 e. The Balaban J connectivity index is 1.66. The lowest BCUT2D eigenvalue weighted by Crippen LogP contribution is -2.16. The molecular weight excluding hydrogens is 456 g/mol. The van der Waals surface area contributed by atoms with Crippen LogP contribution >= 0.6 is 11.8 Å². The molecule has 176 valence electrons. The highest BCUT2D eigenvalue weighted by Crippen LogP contribution is 2.37. The maximum atomic E-state index is 12.1. The second-order valence-electron chi connectivity index (χ2n) is 7.98. The van der Waals surface area contributed by atoms with E-state index in [0.717, 1.165) is 17.7 Å². The molecular formula is C23H24N6O4S. The lowest BCUT2D eigenvalue weighted by atomic mass is 10.1. The van der Waals surface area contributed by atoms with Crippen LogP contribution in [0.15, 0.2) is 41.6 Å². The number of nitrogens with one attached hydrogen (secondary N) is 2. The van der Waals surface area contributed by atoms with Crippen LogP contribution in [0, 0.1) is 5.92 Å². The standard InChI is InChI=1S/C23H24N6O4S/c1-12(2)34-14-10-24-21(25-11-14)15-5-4-6-16(20(15)33-3)26-17-9-18(27-22(30)13-7-8-13)28-29-19(17)23(31)32/h4-6,9-13H,7-8H2,1-3H3,(H,31,32)(H2,26,27,28,30). The Kier molecular flexibility index (Phi) is 6.92. The van der Waals surface area contributed by atoms with Gasteiger partial charge in [0.15, 0.2) is 23.1 Å². The fourth-order valence-corrected chi connectivity index (χ4v) is 4.02. The number of amides is 1. The van der Waals surface area contributed by atoms with Crippen LogP contribution in [0.2, 0.25) is 0 Å². The fraction of sp³-hybridized carbons (Fsp3) is 0.304. The van der Waals surface area contributed by atoms with Crippen LogP contribution in [-0.2, 0) is 4.79 Å². The molecule has 0 saturated heterocycles. The summed E-state index contributed by atoms with van der Waals surface area (Å²) >= 11 is 1.67. The highest BCUT2D eigenvalue weighted by Gasteiger charge is 2.30. The highest BCUT2D eigenvalue weighted by molar-refractivity contribution is 7.99. The number of carboxylic acids is 1. The van der Waals surface area contributed by atoms with E-state index in [0.29, 0.717) is 28.1 Å². The Morgan fingerprint density at radius 2 is 1.88 bits per heavy atom. The maximum absolute atomic E-state index is 12.1. The molecule has 1 aliphatic carbocycles. The van der Waals surface area contributed by atoms with Crippen LogP contribution in [0.4, 0.5) is 17.2 Å². The number of aromatic nitrogens is 4. The summed E-state index contributed by atoms with van der Waals surface area (Å²) in [5.74, 6) is -0.368. The van der Waals surface area contributed by atoms with Crippen LogP contribution in [0.1, 0.15) is 37.2 Å². The van der Waals surface area contributed by atoms with Gasteiger partial charge in [-0.05, 0) is 25.0 Å². The molecule has 3 aromatic rings. The summed E-state index contributed by atoms with van der Waals surface area (Å²) < 4.78 is 5.63. The molecule has 10 nitrogen and oxygen atoms in total. The van der Waals surface area contributed by atoms with E-state index in [1.54, 1.807) is 36.3 Å². The van der Waals surface area contributed by atoms with Crippen molar-refractivity contribution in [3.8, 4) is 17.1 Å². The number of benzene rings is 1. The Morgan fingerprint density at radius 1 is 1.15 bits per heavy atom. The second-order valence-corrected chi connectivity index (χ2v) is 9.63. The number of hydrogen-bond donors (Lipinski definition) is 3. The maximum Gasteiger partial charge on any atom is 0.358 e. The van der Waals surface area contributed by atoms with Gasteiger partial charge in [0.1, 0.15) is 0 Å². The summed E-state index contributed by atoms with van der Waals surface area (Å²) in [5, 5.41) is 23.3. The van der Waals surface area contributed by atoms with Gasteiger partial charge in [-0.2, -0.15) is 0 Å². The van der Waals surface area contributed by atoms with E-state index in [1.165, 1.54) is 13.2 Å². The molecule has 0 unspecified atom stereocenters. The van der Waals surface area contributed by atoms with Crippen LogP contribution in [0.25, 0.3) is 11.4 Å². The Hall–Kier alpha value is -3.73. The van der Waals surface area contributed by atoms with E-state index < -0.39 is 5.97 Å². The SMILES string of the molecule is COc1c(Nc2cc(NC(=O)C3CC3)nnc2C(=O)O)cccc1-c1ncc(SC(C)C)cn1. The second kappa shape index (κ2) is 10.0. The van der Waals surface area contributed by atoms with Crippen LogP contribution < -0.4 is 15.4 Å². The molecule has 1 saturated carbocycles. The van der Waals surface area contributed by atoms with Gasteiger partial charge in [0.05, 0.1) is 24.0 Å². The van der Waals surface area contributed by atoms with Crippen molar-refractivity contribution >= 4 is 40.8 Å². The van der Waals surface area contributed by atoms with Gasteiger partial charge in [0.25, 0.3) is 0 Å². The van der Waals surface area contributed by atoms with Crippen molar-refractivity contribution in [1.82, 2.24) is 20.2 Å². The Labute approximate surface area is 200 Å². The number of rotatable bonds is 9. The van der Waals surface area contributed by atoms with Crippen molar-refractivity contribution < 1.29 is 19.4 Å². The van der Waals surface area contributed by atoms with Gasteiger partial charge < -0.3 is 20.5 Å². The van der Waals surface area contributed by atoms with Gasteiger partial charge in [0, 0.05) is 34.5 Å². The molecule has 1 amide bonds. The minimum atomic E-state index is -1.26. The summed E-state index contributed by atoms with van der Waals surface area (Å²) in [4.78, 5) is 33.7. The summed E-state index contributed by atoms with van der Waals surface area (Å²) in [6.07, 6.45) is 5.19. The van der Waals surface area contributed by atoms with Crippen LogP contribution in [0.5, 0.6) is 5.75 Å². The van der Waals surface area contributed by atoms with Crippen LogP contribution in [0.3, 0.4) is 0 Å². The zero-order valence-corrected chi connectivity index (χ0v) is 19.7. The van der Waals surface area contributed by atoms with Crippen molar-refractivity contribution in [2.75, 3.05) is 17.7 Å². The lowest BCUT2D eigenvalue weighted by Gasteiger charge is -2.16. The molecule has 2 heterocycles. The highest BCUT2D eigenvalue weighted by atomic mass is 32.2. The number of nitrogens with zero attached hydrogens (tertiary/aromatic N) is 4. The van der Waals surface area contributed by atoms with E-state index >= 15 is 0 Å². The molecule has 1 aromatic carbocycles. The van der Waals surface area contributed by atoms with Crippen molar-refractivity contribution in [3.63, 3.8) is 0 Å². The van der Waals surface area contributed by atoms with Crippen molar-refractivity contribution in [3.05, 3.63) is 42.4 Å².